The Morgan fingerprint density at radius 3 is 2.57 bits per heavy atom. The van der Waals surface area contributed by atoms with E-state index in [0.717, 1.165) is 5.75 Å². The molecule has 0 aromatic rings. The molecule has 0 aromatic carbocycles. The fraction of sp³-hybridized carbons (Fsp3) is 0.750. The van der Waals surface area contributed by atoms with E-state index < -0.39 is 11.6 Å². The summed E-state index contributed by atoms with van der Waals surface area (Å²) < 4.78 is 0. The molecular weight excluding hydrogens is 202 g/mol. The molecule has 0 rings (SSSR count). The molecule has 0 amide bonds. The smallest absolute Gasteiger partial charge is 0.346 e. The zero-order valence-corrected chi connectivity index (χ0v) is 9.30. The number of hydrogen-bond acceptors (Lipinski definition) is 4. The number of carboxylic acids is 1. The van der Waals surface area contributed by atoms with Crippen LogP contribution in [0.5, 0.6) is 0 Å². The Kier molecular flexibility index (Phi) is 5.56. The Hall–Kier alpha value is -0.750. The van der Waals surface area contributed by atoms with Crippen LogP contribution in [0.15, 0.2) is 4.99 Å². The summed E-state index contributed by atoms with van der Waals surface area (Å²) in [6.07, 6.45) is 0.287. The van der Waals surface area contributed by atoms with Gasteiger partial charge in [0.2, 0.25) is 5.66 Å². The van der Waals surface area contributed by atoms with Crippen LogP contribution >= 0.6 is 11.8 Å². The lowest BCUT2D eigenvalue weighted by molar-refractivity contribution is -0.143. The number of thioether (sulfide) groups is 1. The largest absolute Gasteiger partial charge is 0.478 e. The van der Waals surface area contributed by atoms with Crippen molar-refractivity contribution < 1.29 is 9.90 Å². The summed E-state index contributed by atoms with van der Waals surface area (Å²) in [5.74, 6) is 0.646. The van der Waals surface area contributed by atoms with Gasteiger partial charge in [-0.05, 0) is 18.4 Å². The average Bonchev–Trinajstić information content (AvgIpc) is 2.03. The molecule has 0 saturated carbocycles. The van der Waals surface area contributed by atoms with Crippen molar-refractivity contribution in [2.45, 2.75) is 25.9 Å². The maximum Gasteiger partial charge on any atom is 0.346 e. The molecule has 1 atom stereocenters. The minimum Gasteiger partial charge on any atom is -0.478 e. The predicted molar refractivity (Wildman–Crippen MR) is 59.5 cm³/mol. The molecule has 6 heteroatoms. The Balaban J connectivity index is 4.41. The van der Waals surface area contributed by atoms with E-state index in [0.29, 0.717) is 5.75 Å². The van der Waals surface area contributed by atoms with Crippen LogP contribution in [-0.4, -0.2) is 34.1 Å². The molecule has 0 aliphatic rings. The van der Waals surface area contributed by atoms with Gasteiger partial charge < -0.3 is 10.8 Å². The lowest BCUT2D eigenvalue weighted by Gasteiger charge is -2.19. The van der Waals surface area contributed by atoms with Crippen molar-refractivity contribution >= 4 is 23.6 Å². The van der Waals surface area contributed by atoms with E-state index in [1.165, 1.54) is 6.92 Å². The van der Waals surface area contributed by atoms with Gasteiger partial charge in [0, 0.05) is 6.42 Å². The first kappa shape index (κ1) is 13.2. The molecule has 0 aliphatic carbocycles. The number of rotatable bonds is 6. The molecule has 0 unspecified atom stereocenters. The number of aliphatic carboxylic acids is 1. The molecule has 0 bridgehead atoms. The summed E-state index contributed by atoms with van der Waals surface area (Å²) in [6, 6.07) is 0. The van der Waals surface area contributed by atoms with Gasteiger partial charge in [-0.1, -0.05) is 6.92 Å². The number of hydrogen-bond donors (Lipinski definition) is 3. The third kappa shape index (κ3) is 4.48. The fourth-order valence-corrected chi connectivity index (χ4v) is 1.64. The third-order valence-corrected chi connectivity index (χ3v) is 2.48. The van der Waals surface area contributed by atoms with Gasteiger partial charge in [0.25, 0.3) is 0 Å². The van der Waals surface area contributed by atoms with Crippen molar-refractivity contribution in [2.24, 2.45) is 16.5 Å². The number of nitrogens with two attached hydrogens (primary N) is 2. The Morgan fingerprint density at radius 2 is 2.21 bits per heavy atom. The quantitative estimate of drug-likeness (QED) is 0.337. The number of aliphatic imine (C=N–C) groups is 1. The molecule has 82 valence electrons. The van der Waals surface area contributed by atoms with Crippen LogP contribution in [0.1, 0.15) is 20.3 Å². The van der Waals surface area contributed by atoms with Crippen LogP contribution in [-0.2, 0) is 4.79 Å². The second-order valence-electron chi connectivity index (χ2n) is 2.93. The normalized spacial score (nSPS) is 16.4. The van der Waals surface area contributed by atoms with E-state index in [-0.39, 0.29) is 12.3 Å². The topological polar surface area (TPSA) is 102 Å². The van der Waals surface area contributed by atoms with Gasteiger partial charge >= 0.3 is 5.97 Å². The minimum absolute atomic E-state index is 0.191. The van der Waals surface area contributed by atoms with Gasteiger partial charge in [-0.15, -0.1) is 0 Å². The summed E-state index contributed by atoms with van der Waals surface area (Å²) in [6.45, 7) is 3.53. The van der Waals surface area contributed by atoms with Crippen molar-refractivity contribution in [3.05, 3.63) is 0 Å². The number of carboxylic acid groups (broad SMARTS) is 1. The van der Waals surface area contributed by atoms with E-state index in [2.05, 4.69) is 4.99 Å². The van der Waals surface area contributed by atoms with Crippen molar-refractivity contribution in [3.63, 3.8) is 0 Å². The van der Waals surface area contributed by atoms with Crippen LogP contribution in [0.2, 0.25) is 0 Å². The molecule has 0 radical (unpaired) electrons. The van der Waals surface area contributed by atoms with Crippen LogP contribution in [0.3, 0.4) is 0 Å². The molecule has 0 heterocycles. The van der Waals surface area contributed by atoms with Gasteiger partial charge in [0.05, 0.1) is 5.84 Å². The summed E-state index contributed by atoms with van der Waals surface area (Å²) in [4.78, 5) is 14.6. The van der Waals surface area contributed by atoms with Gasteiger partial charge in [-0.2, -0.15) is 11.8 Å². The fourth-order valence-electron chi connectivity index (χ4n) is 0.897. The molecule has 0 fully saturated rings. The van der Waals surface area contributed by atoms with Gasteiger partial charge in [-0.3, -0.25) is 5.73 Å². The lowest BCUT2D eigenvalue weighted by atomic mass is 10.1. The SMILES string of the molecule is CCSCC[C@](N)(N=C(C)N)C(=O)O. The molecule has 0 spiro atoms. The molecule has 0 saturated heterocycles. The zero-order valence-electron chi connectivity index (χ0n) is 8.49. The Labute approximate surface area is 87.9 Å². The maximum absolute atomic E-state index is 10.9. The lowest BCUT2D eigenvalue weighted by Crippen LogP contribution is -2.47. The summed E-state index contributed by atoms with van der Waals surface area (Å²) >= 11 is 1.63. The molecule has 0 aromatic heterocycles. The third-order valence-electron chi connectivity index (χ3n) is 1.58. The summed E-state index contributed by atoms with van der Waals surface area (Å²) in [7, 11) is 0. The Bertz CT molecular complexity index is 229. The number of amidine groups is 1. The van der Waals surface area contributed by atoms with Crippen LogP contribution in [0, 0.1) is 0 Å². The van der Waals surface area contributed by atoms with Gasteiger partial charge in [0.1, 0.15) is 0 Å². The standard InChI is InChI=1S/C8H17N3O2S/c1-3-14-5-4-8(10,7(12)13)11-6(2)9/h3-5,10H2,1-2H3,(H2,9,11)(H,12,13)/t8-/m0/s1. The summed E-state index contributed by atoms with van der Waals surface area (Å²) in [5, 5.41) is 8.88. The zero-order chi connectivity index (χ0) is 11.2. The highest BCUT2D eigenvalue weighted by atomic mass is 32.2. The van der Waals surface area contributed by atoms with Gasteiger partial charge in [-0.25, -0.2) is 9.79 Å². The van der Waals surface area contributed by atoms with Crippen LogP contribution in [0.4, 0.5) is 0 Å². The highest BCUT2D eigenvalue weighted by Crippen LogP contribution is 2.14. The van der Waals surface area contributed by atoms with Crippen molar-refractivity contribution in [1.29, 1.82) is 0 Å². The average molecular weight is 219 g/mol. The van der Waals surface area contributed by atoms with E-state index in [1.807, 2.05) is 6.92 Å². The van der Waals surface area contributed by atoms with E-state index in [9.17, 15) is 4.79 Å². The minimum atomic E-state index is -1.57. The predicted octanol–water partition coefficient (Wildman–Crippen LogP) is 0.246. The van der Waals surface area contributed by atoms with Crippen LogP contribution in [0.25, 0.3) is 0 Å². The molecular formula is C8H17N3O2S. The second kappa shape index (κ2) is 5.87. The van der Waals surface area contributed by atoms with Gasteiger partial charge in [0.15, 0.2) is 0 Å². The maximum atomic E-state index is 10.9. The molecule has 14 heavy (non-hydrogen) atoms. The van der Waals surface area contributed by atoms with Crippen molar-refractivity contribution in [1.82, 2.24) is 0 Å². The highest BCUT2D eigenvalue weighted by molar-refractivity contribution is 7.99. The first-order valence-electron chi connectivity index (χ1n) is 4.34. The van der Waals surface area contributed by atoms with E-state index in [4.69, 9.17) is 16.6 Å². The van der Waals surface area contributed by atoms with E-state index >= 15 is 0 Å². The van der Waals surface area contributed by atoms with Crippen LogP contribution < -0.4 is 11.5 Å². The highest BCUT2D eigenvalue weighted by Gasteiger charge is 2.32. The second-order valence-corrected chi connectivity index (χ2v) is 4.32. The molecule has 0 aliphatic heterocycles. The first-order valence-corrected chi connectivity index (χ1v) is 5.50. The van der Waals surface area contributed by atoms with E-state index in [1.54, 1.807) is 11.8 Å². The molecule has 5 nitrogen and oxygen atoms in total. The first-order chi connectivity index (χ1) is 6.42. The number of carbonyl (C=O) groups is 1. The molecule has 5 N–H and O–H groups in total. The van der Waals surface area contributed by atoms with Crippen molar-refractivity contribution in [2.75, 3.05) is 11.5 Å². The van der Waals surface area contributed by atoms with Crippen molar-refractivity contribution in [3.8, 4) is 0 Å². The summed E-state index contributed by atoms with van der Waals surface area (Å²) in [5.41, 5.74) is 9.35. The number of nitrogens with zero attached hydrogens (tertiary/aromatic N) is 1. The monoisotopic (exact) mass is 219 g/mol. The Morgan fingerprint density at radius 1 is 1.64 bits per heavy atom.